The Bertz CT molecular complexity index is 546. The van der Waals surface area contributed by atoms with Crippen LogP contribution in [-0.2, 0) is 0 Å². The SMILES string of the molecule is CC(C)N(c1ccc(N)cc1C(=O)N1CCC[C@@H](C)C1)C(C)C. The molecule has 0 bridgehead atoms. The van der Waals surface area contributed by atoms with E-state index in [0.717, 1.165) is 30.8 Å². The van der Waals surface area contributed by atoms with E-state index in [0.29, 0.717) is 23.7 Å². The predicted octanol–water partition coefficient (Wildman–Crippen LogP) is 3.76. The minimum Gasteiger partial charge on any atom is -0.399 e. The van der Waals surface area contributed by atoms with Crippen LogP contribution in [0.5, 0.6) is 0 Å². The van der Waals surface area contributed by atoms with Crippen molar-refractivity contribution in [2.24, 2.45) is 5.92 Å². The summed E-state index contributed by atoms with van der Waals surface area (Å²) in [5, 5.41) is 0. The molecule has 1 aromatic rings. The Hall–Kier alpha value is -1.71. The Balaban J connectivity index is 2.40. The molecule has 0 radical (unpaired) electrons. The van der Waals surface area contributed by atoms with Gasteiger partial charge in [0.25, 0.3) is 5.91 Å². The number of hydrogen-bond acceptors (Lipinski definition) is 3. The van der Waals surface area contributed by atoms with Crippen molar-refractivity contribution >= 4 is 17.3 Å². The Morgan fingerprint density at radius 1 is 1.26 bits per heavy atom. The van der Waals surface area contributed by atoms with Gasteiger partial charge in [0.1, 0.15) is 0 Å². The van der Waals surface area contributed by atoms with Crippen molar-refractivity contribution in [2.75, 3.05) is 23.7 Å². The van der Waals surface area contributed by atoms with Crippen LogP contribution in [0.3, 0.4) is 0 Å². The summed E-state index contributed by atoms with van der Waals surface area (Å²) in [6, 6.07) is 6.38. The zero-order valence-corrected chi connectivity index (χ0v) is 15.2. The highest BCUT2D eigenvalue weighted by molar-refractivity contribution is 6.01. The van der Waals surface area contributed by atoms with Gasteiger partial charge in [-0.25, -0.2) is 0 Å². The maximum absolute atomic E-state index is 13.1. The van der Waals surface area contributed by atoms with Crippen molar-refractivity contribution in [1.82, 2.24) is 4.90 Å². The predicted molar refractivity (Wildman–Crippen MR) is 97.9 cm³/mol. The number of rotatable bonds is 4. The Labute approximate surface area is 140 Å². The molecule has 23 heavy (non-hydrogen) atoms. The van der Waals surface area contributed by atoms with E-state index in [-0.39, 0.29) is 5.91 Å². The van der Waals surface area contributed by atoms with Crippen LogP contribution >= 0.6 is 0 Å². The summed E-state index contributed by atoms with van der Waals surface area (Å²) in [7, 11) is 0. The maximum atomic E-state index is 13.1. The van der Waals surface area contributed by atoms with Crippen LogP contribution in [-0.4, -0.2) is 36.0 Å². The molecule has 0 unspecified atom stereocenters. The van der Waals surface area contributed by atoms with Gasteiger partial charge in [-0.2, -0.15) is 0 Å². The van der Waals surface area contributed by atoms with Crippen molar-refractivity contribution in [3.8, 4) is 0 Å². The van der Waals surface area contributed by atoms with Crippen LogP contribution < -0.4 is 10.6 Å². The second-order valence-corrected chi connectivity index (χ2v) is 7.37. The Kier molecular flexibility index (Phi) is 5.55. The first-order chi connectivity index (χ1) is 10.8. The summed E-state index contributed by atoms with van der Waals surface area (Å²) in [5.74, 6) is 0.689. The number of likely N-dealkylation sites (tertiary alicyclic amines) is 1. The molecule has 1 atom stereocenters. The molecule has 4 heteroatoms. The van der Waals surface area contributed by atoms with E-state index in [9.17, 15) is 4.79 Å². The molecule has 1 heterocycles. The van der Waals surface area contributed by atoms with Gasteiger partial charge < -0.3 is 15.5 Å². The Morgan fingerprint density at radius 2 is 1.91 bits per heavy atom. The molecule has 1 fully saturated rings. The molecule has 4 nitrogen and oxygen atoms in total. The van der Waals surface area contributed by atoms with Gasteiger partial charge >= 0.3 is 0 Å². The van der Waals surface area contributed by atoms with Gasteiger partial charge in [-0.15, -0.1) is 0 Å². The number of benzene rings is 1. The van der Waals surface area contributed by atoms with E-state index in [1.54, 1.807) is 0 Å². The van der Waals surface area contributed by atoms with Crippen LogP contribution in [0.25, 0.3) is 0 Å². The molecule has 2 rings (SSSR count). The highest BCUT2D eigenvalue weighted by Gasteiger charge is 2.27. The first kappa shape index (κ1) is 17.6. The number of nitrogens with two attached hydrogens (primary N) is 1. The van der Waals surface area contributed by atoms with E-state index in [1.807, 2.05) is 23.1 Å². The molecule has 2 N–H and O–H groups in total. The second kappa shape index (κ2) is 7.24. The lowest BCUT2D eigenvalue weighted by atomic mass is 9.98. The number of carbonyl (C=O) groups is 1. The smallest absolute Gasteiger partial charge is 0.256 e. The summed E-state index contributed by atoms with van der Waals surface area (Å²) in [6.07, 6.45) is 2.29. The van der Waals surface area contributed by atoms with Gasteiger partial charge in [0, 0.05) is 30.9 Å². The fraction of sp³-hybridized carbons (Fsp3) is 0.632. The molecular formula is C19H31N3O. The molecule has 1 saturated heterocycles. The lowest BCUT2D eigenvalue weighted by Gasteiger charge is -2.36. The minimum atomic E-state index is 0.116. The molecule has 128 valence electrons. The van der Waals surface area contributed by atoms with E-state index in [1.165, 1.54) is 6.42 Å². The molecule has 1 aliphatic rings. The summed E-state index contributed by atoms with van der Waals surface area (Å²) in [4.78, 5) is 17.4. The quantitative estimate of drug-likeness (QED) is 0.860. The molecule has 1 aromatic carbocycles. The van der Waals surface area contributed by atoms with Crippen LogP contribution in [0.15, 0.2) is 18.2 Å². The number of piperidine rings is 1. The van der Waals surface area contributed by atoms with Gasteiger partial charge in [-0.3, -0.25) is 4.79 Å². The summed E-state index contributed by atoms with van der Waals surface area (Å²) in [6.45, 7) is 12.5. The highest BCUT2D eigenvalue weighted by atomic mass is 16.2. The van der Waals surface area contributed by atoms with Gasteiger partial charge in [-0.1, -0.05) is 6.92 Å². The number of nitrogens with zero attached hydrogens (tertiary/aromatic N) is 2. The van der Waals surface area contributed by atoms with Crippen molar-refractivity contribution in [3.63, 3.8) is 0 Å². The topological polar surface area (TPSA) is 49.6 Å². The third kappa shape index (κ3) is 3.98. The number of nitrogen functional groups attached to an aromatic ring is 1. The second-order valence-electron chi connectivity index (χ2n) is 7.37. The molecular weight excluding hydrogens is 286 g/mol. The van der Waals surface area contributed by atoms with Gasteiger partial charge in [-0.05, 0) is 64.7 Å². The summed E-state index contributed by atoms with van der Waals surface area (Å²) >= 11 is 0. The minimum absolute atomic E-state index is 0.116. The largest absolute Gasteiger partial charge is 0.399 e. The number of amides is 1. The fourth-order valence-electron chi connectivity index (χ4n) is 3.65. The third-order valence-electron chi connectivity index (χ3n) is 4.59. The van der Waals surface area contributed by atoms with Crippen LogP contribution in [0.4, 0.5) is 11.4 Å². The molecule has 1 amide bonds. The molecule has 0 aromatic heterocycles. The van der Waals surface area contributed by atoms with Crippen molar-refractivity contribution < 1.29 is 4.79 Å². The normalized spacial score (nSPS) is 18.6. The first-order valence-corrected chi connectivity index (χ1v) is 8.78. The molecule has 1 aliphatic heterocycles. The number of hydrogen-bond donors (Lipinski definition) is 1. The maximum Gasteiger partial charge on any atom is 0.256 e. The standard InChI is InChI=1S/C19H31N3O/c1-13(2)22(14(3)4)18-9-8-16(20)11-17(18)19(23)21-10-6-7-15(5)12-21/h8-9,11,13-15H,6-7,10,12,20H2,1-5H3/t15-/m1/s1. The monoisotopic (exact) mass is 317 g/mol. The number of anilines is 2. The summed E-state index contributed by atoms with van der Waals surface area (Å²) < 4.78 is 0. The van der Waals surface area contributed by atoms with Gasteiger partial charge in [0.05, 0.1) is 11.3 Å². The van der Waals surface area contributed by atoms with Crippen LogP contribution in [0, 0.1) is 5.92 Å². The van der Waals surface area contributed by atoms with E-state index >= 15 is 0 Å². The Morgan fingerprint density at radius 3 is 2.48 bits per heavy atom. The average Bonchev–Trinajstić information content (AvgIpc) is 2.47. The lowest BCUT2D eigenvalue weighted by molar-refractivity contribution is 0.0683. The van der Waals surface area contributed by atoms with Crippen molar-refractivity contribution in [1.29, 1.82) is 0 Å². The van der Waals surface area contributed by atoms with Gasteiger partial charge in [0.15, 0.2) is 0 Å². The third-order valence-corrected chi connectivity index (χ3v) is 4.59. The fourth-order valence-corrected chi connectivity index (χ4v) is 3.65. The zero-order chi connectivity index (χ0) is 17.1. The molecule has 0 spiro atoms. The number of carbonyl (C=O) groups excluding carboxylic acids is 1. The lowest BCUT2D eigenvalue weighted by Crippen LogP contribution is -2.42. The van der Waals surface area contributed by atoms with E-state index in [2.05, 4.69) is 39.5 Å². The first-order valence-electron chi connectivity index (χ1n) is 8.78. The van der Waals surface area contributed by atoms with E-state index in [4.69, 9.17) is 5.73 Å². The summed E-state index contributed by atoms with van der Waals surface area (Å²) in [5.41, 5.74) is 8.36. The molecule has 0 aliphatic carbocycles. The van der Waals surface area contributed by atoms with Crippen LogP contribution in [0.1, 0.15) is 57.8 Å². The van der Waals surface area contributed by atoms with E-state index < -0.39 is 0 Å². The van der Waals surface area contributed by atoms with Crippen LogP contribution in [0.2, 0.25) is 0 Å². The zero-order valence-electron chi connectivity index (χ0n) is 15.2. The highest BCUT2D eigenvalue weighted by Crippen LogP contribution is 2.29. The van der Waals surface area contributed by atoms with Gasteiger partial charge in [0.2, 0.25) is 0 Å². The van der Waals surface area contributed by atoms with Crippen molar-refractivity contribution in [2.45, 2.75) is 59.5 Å². The average molecular weight is 317 g/mol. The molecule has 0 saturated carbocycles. The van der Waals surface area contributed by atoms with Crippen molar-refractivity contribution in [3.05, 3.63) is 23.8 Å².